The van der Waals surface area contributed by atoms with Gasteiger partial charge in [0, 0.05) is 5.69 Å². The van der Waals surface area contributed by atoms with Crippen LogP contribution in [0.15, 0.2) is 32.4 Å². The van der Waals surface area contributed by atoms with E-state index in [0.717, 1.165) is 15.7 Å². The molecule has 0 bridgehead atoms. The standard InChI is InChI=1S/C16H17N5O4/c1-8(2)10-6-4-5-9(3)12(10)17-11(22)7-21-14-13(19-25-20-14)18-15(23)16(21)24/h4-6,8H,7H2,1-3H3,(H,17,22)(H,18,19,23). The molecule has 0 aliphatic heterocycles. The van der Waals surface area contributed by atoms with E-state index >= 15 is 0 Å². The largest absolute Gasteiger partial charge is 0.324 e. The van der Waals surface area contributed by atoms with Crippen LogP contribution in [0.2, 0.25) is 0 Å². The number of hydrogen-bond acceptors (Lipinski definition) is 6. The Bertz CT molecular complexity index is 1060. The number of benzene rings is 1. The predicted molar refractivity (Wildman–Crippen MR) is 90.6 cm³/mol. The van der Waals surface area contributed by atoms with Crippen LogP contribution in [0.25, 0.3) is 11.3 Å². The van der Waals surface area contributed by atoms with E-state index in [1.54, 1.807) is 0 Å². The van der Waals surface area contributed by atoms with Crippen LogP contribution in [-0.2, 0) is 11.3 Å². The Morgan fingerprint density at radius 1 is 1.32 bits per heavy atom. The van der Waals surface area contributed by atoms with Gasteiger partial charge in [-0.15, -0.1) is 0 Å². The molecule has 3 aromatic rings. The Morgan fingerprint density at radius 2 is 2.08 bits per heavy atom. The third kappa shape index (κ3) is 3.08. The molecule has 0 aliphatic carbocycles. The summed E-state index contributed by atoms with van der Waals surface area (Å²) in [5, 5.41) is 9.88. The van der Waals surface area contributed by atoms with E-state index in [1.165, 1.54) is 0 Å². The minimum absolute atomic E-state index is 0.00798. The lowest BCUT2D eigenvalue weighted by Gasteiger charge is -2.16. The van der Waals surface area contributed by atoms with Gasteiger partial charge < -0.3 is 5.32 Å². The number of hydrogen-bond donors (Lipinski definition) is 2. The molecular weight excluding hydrogens is 326 g/mol. The van der Waals surface area contributed by atoms with Crippen LogP contribution in [0.3, 0.4) is 0 Å². The summed E-state index contributed by atoms with van der Waals surface area (Å²) in [5.74, 6) is -0.239. The SMILES string of the molecule is Cc1cccc(C(C)C)c1NC(=O)Cn1c(=O)c(=O)[nH]c2nonc21. The Kier molecular flexibility index (Phi) is 4.22. The fourth-order valence-electron chi connectivity index (χ4n) is 2.63. The molecule has 0 radical (unpaired) electrons. The topological polar surface area (TPSA) is 123 Å². The zero-order valence-electron chi connectivity index (χ0n) is 14.0. The van der Waals surface area contributed by atoms with E-state index < -0.39 is 17.0 Å². The summed E-state index contributed by atoms with van der Waals surface area (Å²) in [6.07, 6.45) is 0. The van der Waals surface area contributed by atoms with Crippen LogP contribution >= 0.6 is 0 Å². The molecule has 1 amide bonds. The van der Waals surface area contributed by atoms with Crippen LogP contribution in [0, 0.1) is 6.92 Å². The second-order valence-electron chi connectivity index (χ2n) is 6.02. The highest BCUT2D eigenvalue weighted by molar-refractivity contribution is 5.92. The van der Waals surface area contributed by atoms with Gasteiger partial charge in [-0.2, -0.15) is 0 Å². The van der Waals surface area contributed by atoms with Crippen molar-refractivity contribution in [1.82, 2.24) is 19.9 Å². The molecule has 0 saturated heterocycles. The summed E-state index contributed by atoms with van der Waals surface area (Å²) in [7, 11) is 0. The Morgan fingerprint density at radius 3 is 2.80 bits per heavy atom. The van der Waals surface area contributed by atoms with Gasteiger partial charge in [0.25, 0.3) is 0 Å². The number of aromatic amines is 1. The fraction of sp³-hybridized carbons (Fsp3) is 0.312. The molecule has 1 aromatic carbocycles. The molecule has 9 nitrogen and oxygen atoms in total. The second-order valence-corrected chi connectivity index (χ2v) is 6.02. The van der Waals surface area contributed by atoms with Gasteiger partial charge in [0.15, 0.2) is 0 Å². The molecule has 0 spiro atoms. The van der Waals surface area contributed by atoms with E-state index in [1.807, 2.05) is 39.0 Å². The number of fused-ring (bicyclic) bond motifs is 1. The van der Waals surface area contributed by atoms with Crippen LogP contribution in [-0.4, -0.2) is 25.8 Å². The Balaban J connectivity index is 1.95. The quantitative estimate of drug-likeness (QED) is 0.685. The molecule has 0 fully saturated rings. The molecule has 2 heterocycles. The van der Waals surface area contributed by atoms with E-state index in [9.17, 15) is 14.4 Å². The highest BCUT2D eigenvalue weighted by atomic mass is 16.6. The zero-order chi connectivity index (χ0) is 18.1. The summed E-state index contributed by atoms with van der Waals surface area (Å²) in [5.41, 5.74) is 0.826. The third-order valence-corrected chi connectivity index (χ3v) is 3.89. The number of nitrogens with one attached hydrogen (secondary N) is 2. The normalized spacial score (nSPS) is 11.2. The van der Waals surface area contributed by atoms with Gasteiger partial charge in [-0.05, 0) is 34.3 Å². The van der Waals surface area contributed by atoms with Crippen molar-refractivity contribution in [3.63, 3.8) is 0 Å². The van der Waals surface area contributed by atoms with Crippen molar-refractivity contribution in [1.29, 1.82) is 0 Å². The van der Waals surface area contributed by atoms with Crippen LogP contribution < -0.4 is 16.4 Å². The molecule has 0 aliphatic rings. The minimum Gasteiger partial charge on any atom is -0.324 e. The minimum atomic E-state index is -0.896. The van der Waals surface area contributed by atoms with Crippen molar-refractivity contribution in [2.24, 2.45) is 0 Å². The predicted octanol–water partition coefficient (Wildman–Crippen LogP) is 1.14. The van der Waals surface area contributed by atoms with Crippen molar-refractivity contribution in [3.05, 3.63) is 50.0 Å². The number of anilines is 1. The molecule has 9 heteroatoms. The Hall–Kier alpha value is -3.23. The molecule has 2 N–H and O–H groups in total. The molecule has 0 saturated carbocycles. The van der Waals surface area contributed by atoms with Crippen LogP contribution in [0.5, 0.6) is 0 Å². The molecule has 25 heavy (non-hydrogen) atoms. The highest BCUT2D eigenvalue weighted by Gasteiger charge is 2.17. The summed E-state index contributed by atoms with van der Waals surface area (Å²) in [6.45, 7) is 5.56. The zero-order valence-corrected chi connectivity index (χ0v) is 14.0. The molecule has 130 valence electrons. The van der Waals surface area contributed by atoms with Crippen molar-refractivity contribution in [2.75, 3.05) is 5.32 Å². The molecule has 0 unspecified atom stereocenters. The lowest BCUT2D eigenvalue weighted by atomic mass is 9.98. The number of amides is 1. The highest BCUT2D eigenvalue weighted by Crippen LogP contribution is 2.27. The first-order valence-electron chi connectivity index (χ1n) is 7.73. The number of rotatable bonds is 4. The van der Waals surface area contributed by atoms with Gasteiger partial charge in [0.2, 0.25) is 17.2 Å². The number of H-pyrrole nitrogens is 1. The molecular formula is C16H17N5O4. The van der Waals surface area contributed by atoms with Crippen molar-refractivity contribution in [2.45, 2.75) is 33.2 Å². The Labute approximate surface area is 141 Å². The number of aryl methyl sites for hydroxylation is 1. The maximum Gasteiger partial charge on any atom is 0.318 e. The summed E-state index contributed by atoms with van der Waals surface area (Å²) in [6, 6.07) is 5.75. The van der Waals surface area contributed by atoms with E-state index in [2.05, 4.69) is 25.2 Å². The van der Waals surface area contributed by atoms with Gasteiger partial charge >= 0.3 is 11.1 Å². The van der Waals surface area contributed by atoms with Crippen LogP contribution in [0.4, 0.5) is 5.69 Å². The van der Waals surface area contributed by atoms with Crippen molar-refractivity contribution in [3.8, 4) is 0 Å². The monoisotopic (exact) mass is 343 g/mol. The first-order chi connectivity index (χ1) is 11.9. The number of carbonyl (C=O) groups is 1. The maximum absolute atomic E-state index is 12.5. The lowest BCUT2D eigenvalue weighted by Crippen LogP contribution is -2.39. The van der Waals surface area contributed by atoms with E-state index in [0.29, 0.717) is 5.69 Å². The first kappa shape index (κ1) is 16.6. The average Bonchev–Trinajstić information content (AvgIpc) is 3.01. The summed E-state index contributed by atoms with van der Waals surface area (Å²) >= 11 is 0. The third-order valence-electron chi connectivity index (χ3n) is 3.89. The molecule has 2 aromatic heterocycles. The molecule has 0 atom stereocenters. The number of nitrogens with zero attached hydrogens (tertiary/aromatic N) is 3. The summed E-state index contributed by atoms with van der Waals surface area (Å²) < 4.78 is 5.46. The van der Waals surface area contributed by atoms with Gasteiger partial charge in [-0.1, -0.05) is 32.0 Å². The summed E-state index contributed by atoms with van der Waals surface area (Å²) in [4.78, 5) is 38.4. The maximum atomic E-state index is 12.5. The van der Waals surface area contributed by atoms with Gasteiger partial charge in [-0.3, -0.25) is 23.9 Å². The molecule has 3 rings (SSSR count). The van der Waals surface area contributed by atoms with E-state index in [4.69, 9.17) is 0 Å². The first-order valence-corrected chi connectivity index (χ1v) is 7.73. The lowest BCUT2D eigenvalue weighted by molar-refractivity contribution is -0.116. The number of para-hydroxylation sites is 1. The number of carbonyl (C=O) groups excluding carboxylic acids is 1. The second kappa shape index (κ2) is 6.34. The van der Waals surface area contributed by atoms with Gasteiger partial charge in [0.05, 0.1) is 0 Å². The van der Waals surface area contributed by atoms with E-state index in [-0.39, 0.29) is 23.8 Å². The van der Waals surface area contributed by atoms with Crippen molar-refractivity contribution >= 4 is 22.9 Å². The number of aromatic nitrogens is 4. The van der Waals surface area contributed by atoms with Crippen LogP contribution in [0.1, 0.15) is 30.9 Å². The van der Waals surface area contributed by atoms with Gasteiger partial charge in [0.1, 0.15) is 6.54 Å². The van der Waals surface area contributed by atoms with Crippen molar-refractivity contribution < 1.29 is 9.42 Å². The smallest absolute Gasteiger partial charge is 0.318 e. The average molecular weight is 343 g/mol. The van der Waals surface area contributed by atoms with Gasteiger partial charge in [-0.25, -0.2) is 4.63 Å². The fourth-order valence-corrected chi connectivity index (χ4v) is 2.63.